The first-order valence-electron chi connectivity index (χ1n) is 34.2. The largest absolute Gasteiger partial charge is 0.462 e. The van der Waals surface area contributed by atoms with E-state index in [1.807, 2.05) is 0 Å². The fourth-order valence-corrected chi connectivity index (χ4v) is 9.70. The molecule has 6 nitrogen and oxygen atoms in total. The van der Waals surface area contributed by atoms with Crippen LogP contribution in [0.25, 0.3) is 0 Å². The van der Waals surface area contributed by atoms with Crippen LogP contribution < -0.4 is 0 Å². The highest BCUT2D eigenvalue weighted by atomic mass is 16.6. The van der Waals surface area contributed by atoms with Gasteiger partial charge in [-0.15, -0.1) is 0 Å². The first-order chi connectivity index (χ1) is 39.5. The van der Waals surface area contributed by atoms with Crippen LogP contribution in [0.3, 0.4) is 0 Å². The van der Waals surface area contributed by atoms with E-state index < -0.39 is 6.10 Å². The number of ether oxygens (including phenoxy) is 3. The van der Waals surface area contributed by atoms with Gasteiger partial charge in [-0.25, -0.2) is 0 Å². The maximum Gasteiger partial charge on any atom is 0.306 e. The van der Waals surface area contributed by atoms with Gasteiger partial charge in [0.25, 0.3) is 0 Å². The zero-order chi connectivity index (χ0) is 57.8. The lowest BCUT2D eigenvalue weighted by Crippen LogP contribution is -2.30. The first-order valence-corrected chi connectivity index (χ1v) is 34.2. The Morgan fingerprint density at radius 3 is 0.800 bits per heavy atom. The van der Waals surface area contributed by atoms with Crippen LogP contribution in [0, 0.1) is 0 Å². The van der Waals surface area contributed by atoms with Gasteiger partial charge in [0.05, 0.1) is 0 Å². The Morgan fingerprint density at radius 2 is 0.500 bits per heavy atom. The number of rotatable bonds is 62. The van der Waals surface area contributed by atoms with Crippen LogP contribution in [-0.4, -0.2) is 37.2 Å². The molecule has 0 radical (unpaired) electrons. The fourth-order valence-electron chi connectivity index (χ4n) is 9.70. The molecule has 0 saturated carbocycles. The molecule has 0 bridgehead atoms. The quantitative estimate of drug-likeness (QED) is 0.0261. The van der Waals surface area contributed by atoms with E-state index in [4.69, 9.17) is 14.2 Å². The highest BCUT2D eigenvalue weighted by Gasteiger charge is 2.19. The van der Waals surface area contributed by atoms with Gasteiger partial charge in [0.1, 0.15) is 13.2 Å². The van der Waals surface area contributed by atoms with E-state index in [1.54, 1.807) is 0 Å². The molecule has 0 aliphatic heterocycles. The summed E-state index contributed by atoms with van der Waals surface area (Å²) in [5.74, 6) is -0.890. The molecule has 80 heavy (non-hydrogen) atoms. The van der Waals surface area contributed by atoms with Gasteiger partial charge in [-0.2, -0.15) is 0 Å². The van der Waals surface area contributed by atoms with Gasteiger partial charge in [-0.05, 0) is 96.3 Å². The molecule has 0 aromatic rings. The predicted octanol–water partition coefficient (Wildman–Crippen LogP) is 23.6. The molecule has 0 saturated heterocycles. The van der Waals surface area contributed by atoms with Crippen LogP contribution in [0.5, 0.6) is 0 Å². The normalized spacial score (nSPS) is 12.7. The SMILES string of the molecule is CC/C=C\C/C=C\C/C=C\C/C=C\C/C=C\C/C=C\CCCCCCCCCCC(=O)OCC(COC(=O)CCCCCCC/C=C\C/C=C\CCCC)OC(=O)CCCCCCCCCCCCCCCCCCCCCCC. The molecule has 0 amide bonds. The van der Waals surface area contributed by atoms with E-state index >= 15 is 0 Å². The molecule has 1 unspecified atom stereocenters. The van der Waals surface area contributed by atoms with Gasteiger partial charge in [0.15, 0.2) is 6.10 Å². The Balaban J connectivity index is 4.33. The van der Waals surface area contributed by atoms with Crippen molar-refractivity contribution in [3.63, 3.8) is 0 Å². The van der Waals surface area contributed by atoms with Crippen molar-refractivity contribution in [1.29, 1.82) is 0 Å². The molecule has 0 spiro atoms. The topological polar surface area (TPSA) is 78.9 Å². The average Bonchev–Trinajstić information content (AvgIpc) is 3.46. The molecule has 0 N–H and O–H groups in total. The summed E-state index contributed by atoms with van der Waals surface area (Å²) in [6, 6.07) is 0. The standard InChI is InChI=1S/C74H128O6/c1-4-7-10-13-16-19-22-25-28-30-32-34-35-36-37-38-39-41-42-44-46-49-52-55-58-61-64-67-73(76)79-70-71(69-78-72(75)66-63-60-57-54-51-48-27-24-21-18-15-12-9-6-3)80-74(77)68-65-62-59-56-53-50-47-45-43-40-33-31-29-26-23-20-17-14-11-8-5-2/h7,10,15-16,18-19,24-25,27-28,32,34,36-37,39,41,71H,4-6,8-9,11-14,17,20-23,26,29-31,33,35,38,40,42-70H2,1-3H3/b10-7-,18-15-,19-16-,27-24-,28-25-,34-32-,37-36-,41-39-. The number of unbranched alkanes of at least 4 members (excludes halogenated alkanes) is 35. The molecular formula is C74H128O6. The third kappa shape index (κ3) is 65.1. The second kappa shape index (κ2) is 67.8. The summed E-state index contributed by atoms with van der Waals surface area (Å²) in [5, 5.41) is 0. The number of carbonyl (C=O) groups is 3. The lowest BCUT2D eigenvalue weighted by atomic mass is 10.0. The highest BCUT2D eigenvalue weighted by Crippen LogP contribution is 2.17. The predicted molar refractivity (Wildman–Crippen MR) is 348 cm³/mol. The second-order valence-corrected chi connectivity index (χ2v) is 22.7. The third-order valence-electron chi connectivity index (χ3n) is 14.8. The van der Waals surface area contributed by atoms with Gasteiger partial charge in [-0.1, -0.05) is 317 Å². The number of hydrogen-bond donors (Lipinski definition) is 0. The summed E-state index contributed by atoms with van der Waals surface area (Å²) < 4.78 is 17.0. The number of carbonyl (C=O) groups excluding carboxylic acids is 3. The van der Waals surface area contributed by atoms with Gasteiger partial charge in [0.2, 0.25) is 0 Å². The van der Waals surface area contributed by atoms with Crippen LogP contribution in [0.2, 0.25) is 0 Å². The van der Waals surface area contributed by atoms with E-state index in [2.05, 4.69) is 118 Å². The van der Waals surface area contributed by atoms with Crippen molar-refractivity contribution >= 4 is 17.9 Å². The second-order valence-electron chi connectivity index (χ2n) is 22.7. The Morgan fingerprint density at radius 1 is 0.263 bits per heavy atom. The van der Waals surface area contributed by atoms with Gasteiger partial charge in [-0.3, -0.25) is 14.4 Å². The molecule has 6 heteroatoms. The Bertz CT molecular complexity index is 1560. The lowest BCUT2D eigenvalue weighted by Gasteiger charge is -2.18. The maximum atomic E-state index is 12.9. The zero-order valence-corrected chi connectivity index (χ0v) is 52.8. The molecule has 0 heterocycles. The maximum absolute atomic E-state index is 12.9. The van der Waals surface area contributed by atoms with Gasteiger partial charge >= 0.3 is 17.9 Å². The van der Waals surface area contributed by atoms with Crippen molar-refractivity contribution in [2.24, 2.45) is 0 Å². The fraction of sp³-hybridized carbons (Fsp3) is 0.743. The van der Waals surface area contributed by atoms with Crippen LogP contribution in [0.4, 0.5) is 0 Å². The van der Waals surface area contributed by atoms with Crippen LogP contribution in [-0.2, 0) is 28.6 Å². The zero-order valence-electron chi connectivity index (χ0n) is 52.8. The molecule has 0 aromatic carbocycles. The van der Waals surface area contributed by atoms with Crippen molar-refractivity contribution in [2.45, 2.75) is 341 Å². The molecule has 0 aliphatic rings. The van der Waals surface area contributed by atoms with E-state index in [9.17, 15) is 14.4 Å². The molecule has 460 valence electrons. The highest BCUT2D eigenvalue weighted by molar-refractivity contribution is 5.71. The Kier molecular flexibility index (Phi) is 64.7. The molecule has 0 fully saturated rings. The molecule has 0 aromatic heterocycles. The van der Waals surface area contributed by atoms with Crippen LogP contribution >= 0.6 is 0 Å². The van der Waals surface area contributed by atoms with Crippen molar-refractivity contribution in [3.8, 4) is 0 Å². The molecule has 0 rings (SSSR count). The van der Waals surface area contributed by atoms with E-state index in [0.29, 0.717) is 19.3 Å². The van der Waals surface area contributed by atoms with Crippen LogP contribution in [0.1, 0.15) is 335 Å². The summed E-state index contributed by atoms with van der Waals surface area (Å²) in [7, 11) is 0. The van der Waals surface area contributed by atoms with E-state index in [1.165, 1.54) is 173 Å². The summed E-state index contributed by atoms with van der Waals surface area (Å²) in [6.07, 6.45) is 91.3. The number of allylic oxidation sites excluding steroid dienone is 16. The Labute approximate surface area is 496 Å². The summed E-state index contributed by atoms with van der Waals surface area (Å²) in [6.45, 7) is 6.51. The minimum absolute atomic E-state index is 0.0840. The van der Waals surface area contributed by atoms with Crippen molar-refractivity contribution in [1.82, 2.24) is 0 Å². The third-order valence-corrected chi connectivity index (χ3v) is 14.8. The van der Waals surface area contributed by atoms with Crippen LogP contribution in [0.15, 0.2) is 97.2 Å². The smallest absolute Gasteiger partial charge is 0.306 e. The van der Waals surface area contributed by atoms with Crippen molar-refractivity contribution in [3.05, 3.63) is 97.2 Å². The van der Waals surface area contributed by atoms with E-state index in [-0.39, 0.29) is 31.1 Å². The average molecular weight is 1110 g/mol. The monoisotopic (exact) mass is 1110 g/mol. The summed E-state index contributed by atoms with van der Waals surface area (Å²) in [4.78, 5) is 38.4. The van der Waals surface area contributed by atoms with Gasteiger partial charge < -0.3 is 14.2 Å². The van der Waals surface area contributed by atoms with E-state index in [0.717, 1.165) is 122 Å². The number of hydrogen-bond acceptors (Lipinski definition) is 6. The minimum Gasteiger partial charge on any atom is -0.462 e. The molecular weight excluding hydrogens is 985 g/mol. The lowest BCUT2D eigenvalue weighted by molar-refractivity contribution is -0.167. The molecule has 0 aliphatic carbocycles. The Hall–Kier alpha value is -3.67. The first kappa shape index (κ1) is 76.3. The summed E-state index contributed by atoms with van der Waals surface area (Å²) in [5.41, 5.74) is 0. The number of esters is 3. The van der Waals surface area contributed by atoms with Crippen molar-refractivity contribution < 1.29 is 28.6 Å². The van der Waals surface area contributed by atoms with Gasteiger partial charge in [0, 0.05) is 19.3 Å². The minimum atomic E-state index is -0.787. The van der Waals surface area contributed by atoms with Crippen molar-refractivity contribution in [2.75, 3.05) is 13.2 Å². The summed E-state index contributed by atoms with van der Waals surface area (Å²) >= 11 is 0. The molecule has 1 atom stereocenters.